The first-order valence-electron chi connectivity index (χ1n) is 6.65. The van der Waals surface area contributed by atoms with E-state index in [9.17, 15) is 4.79 Å². The molecule has 0 radical (unpaired) electrons. The number of hydrogen-bond donors (Lipinski definition) is 1. The van der Waals surface area contributed by atoms with Gasteiger partial charge in [0.25, 0.3) is 0 Å². The van der Waals surface area contributed by atoms with Gasteiger partial charge >= 0.3 is 5.97 Å². The molecule has 1 atom stereocenters. The van der Waals surface area contributed by atoms with E-state index in [1.165, 1.54) is 7.11 Å². The third kappa shape index (κ3) is 8.44. The number of methoxy groups -OCH3 is 1. The number of likely N-dealkylation sites (N-methyl/N-ethyl adjacent to an activating group) is 2. The fourth-order valence-electron chi connectivity index (χ4n) is 1.60. The van der Waals surface area contributed by atoms with Crippen molar-refractivity contribution in [2.24, 2.45) is 0 Å². The molecule has 0 aromatic carbocycles. The highest BCUT2D eigenvalue weighted by molar-refractivity contribution is 5.75. The molecule has 0 spiro atoms. The highest BCUT2D eigenvalue weighted by Crippen LogP contribution is 1.98. The standard InChI is InChI=1S/C13H29N3O2/c1-6-8-14-12(13(17)18-5)7-9-16(4)11-10-15(2)3/h12,14H,6-11H2,1-5H3. The lowest BCUT2D eigenvalue weighted by atomic mass is 10.2. The number of rotatable bonds is 10. The van der Waals surface area contributed by atoms with Crippen molar-refractivity contribution in [2.45, 2.75) is 25.8 Å². The van der Waals surface area contributed by atoms with Crippen LogP contribution in [0.5, 0.6) is 0 Å². The average Bonchev–Trinajstić information content (AvgIpc) is 2.35. The minimum absolute atomic E-state index is 0.163. The van der Waals surface area contributed by atoms with E-state index in [-0.39, 0.29) is 12.0 Å². The van der Waals surface area contributed by atoms with E-state index in [2.05, 4.69) is 43.2 Å². The SMILES string of the molecule is CCCNC(CCN(C)CCN(C)C)C(=O)OC. The maximum absolute atomic E-state index is 11.6. The van der Waals surface area contributed by atoms with Gasteiger partial charge in [-0.25, -0.2) is 0 Å². The Balaban J connectivity index is 3.96. The molecule has 108 valence electrons. The van der Waals surface area contributed by atoms with E-state index in [1.807, 2.05) is 0 Å². The van der Waals surface area contributed by atoms with Gasteiger partial charge < -0.3 is 19.9 Å². The normalized spacial score (nSPS) is 13.1. The monoisotopic (exact) mass is 259 g/mol. The summed E-state index contributed by atoms with van der Waals surface area (Å²) < 4.78 is 4.81. The van der Waals surface area contributed by atoms with Gasteiger partial charge in [-0.1, -0.05) is 6.92 Å². The second kappa shape index (κ2) is 10.3. The summed E-state index contributed by atoms with van der Waals surface area (Å²) in [6, 6.07) is -0.184. The molecule has 0 rings (SSSR count). The zero-order valence-corrected chi connectivity index (χ0v) is 12.5. The van der Waals surface area contributed by atoms with E-state index in [4.69, 9.17) is 4.74 Å². The molecule has 1 unspecified atom stereocenters. The molecular formula is C13H29N3O2. The van der Waals surface area contributed by atoms with Crippen molar-refractivity contribution in [3.05, 3.63) is 0 Å². The Bertz CT molecular complexity index is 222. The van der Waals surface area contributed by atoms with Crippen LogP contribution >= 0.6 is 0 Å². The molecule has 18 heavy (non-hydrogen) atoms. The molecule has 0 saturated carbocycles. The summed E-state index contributed by atoms with van der Waals surface area (Å²) >= 11 is 0. The van der Waals surface area contributed by atoms with Crippen LogP contribution in [-0.2, 0) is 9.53 Å². The van der Waals surface area contributed by atoms with E-state index < -0.39 is 0 Å². The van der Waals surface area contributed by atoms with Crippen LogP contribution in [0.2, 0.25) is 0 Å². The summed E-state index contributed by atoms with van der Waals surface area (Å²) in [7, 11) is 7.65. The smallest absolute Gasteiger partial charge is 0.322 e. The van der Waals surface area contributed by atoms with Crippen molar-refractivity contribution in [1.29, 1.82) is 0 Å². The first kappa shape index (κ1) is 17.4. The van der Waals surface area contributed by atoms with Crippen molar-refractivity contribution in [1.82, 2.24) is 15.1 Å². The van der Waals surface area contributed by atoms with E-state index in [0.29, 0.717) is 0 Å². The number of nitrogens with zero attached hydrogens (tertiary/aromatic N) is 2. The lowest BCUT2D eigenvalue weighted by molar-refractivity contribution is -0.143. The molecule has 0 bridgehead atoms. The quantitative estimate of drug-likeness (QED) is 0.576. The second-order valence-corrected chi connectivity index (χ2v) is 4.93. The van der Waals surface area contributed by atoms with Gasteiger partial charge in [0.05, 0.1) is 7.11 Å². The molecule has 0 amide bonds. The highest BCUT2D eigenvalue weighted by Gasteiger charge is 2.18. The van der Waals surface area contributed by atoms with Gasteiger partial charge in [-0.05, 0) is 47.1 Å². The summed E-state index contributed by atoms with van der Waals surface area (Å²) in [5.41, 5.74) is 0. The van der Waals surface area contributed by atoms with Crippen LogP contribution < -0.4 is 5.32 Å². The number of hydrogen-bond acceptors (Lipinski definition) is 5. The largest absolute Gasteiger partial charge is 0.468 e. The lowest BCUT2D eigenvalue weighted by Gasteiger charge is -2.22. The van der Waals surface area contributed by atoms with Crippen LogP contribution in [0.25, 0.3) is 0 Å². The zero-order chi connectivity index (χ0) is 14.0. The number of carbonyl (C=O) groups is 1. The third-order valence-corrected chi connectivity index (χ3v) is 2.85. The van der Waals surface area contributed by atoms with E-state index >= 15 is 0 Å². The van der Waals surface area contributed by atoms with Crippen molar-refractivity contribution < 1.29 is 9.53 Å². The van der Waals surface area contributed by atoms with Crippen molar-refractivity contribution in [2.75, 3.05) is 54.4 Å². The van der Waals surface area contributed by atoms with Crippen molar-refractivity contribution >= 4 is 5.97 Å². The van der Waals surface area contributed by atoms with Crippen LogP contribution in [0.3, 0.4) is 0 Å². The Labute approximate surface area is 111 Å². The van der Waals surface area contributed by atoms with E-state index in [0.717, 1.165) is 39.0 Å². The molecular weight excluding hydrogens is 230 g/mol. The molecule has 0 aliphatic rings. The lowest BCUT2D eigenvalue weighted by Crippen LogP contribution is -2.41. The number of ether oxygens (including phenoxy) is 1. The Morgan fingerprint density at radius 1 is 1.22 bits per heavy atom. The minimum atomic E-state index is -0.184. The van der Waals surface area contributed by atoms with Crippen LogP contribution in [0.1, 0.15) is 19.8 Å². The predicted molar refractivity (Wildman–Crippen MR) is 74.8 cm³/mol. The molecule has 1 N–H and O–H groups in total. The topological polar surface area (TPSA) is 44.8 Å². The van der Waals surface area contributed by atoms with Crippen LogP contribution in [-0.4, -0.2) is 76.2 Å². The molecule has 0 aliphatic heterocycles. The summed E-state index contributed by atoms with van der Waals surface area (Å²) in [4.78, 5) is 16.0. The average molecular weight is 259 g/mol. The Morgan fingerprint density at radius 2 is 1.89 bits per heavy atom. The van der Waals surface area contributed by atoms with Gasteiger partial charge in [-0.15, -0.1) is 0 Å². The number of carbonyl (C=O) groups excluding carboxylic acids is 1. The molecule has 5 nitrogen and oxygen atoms in total. The highest BCUT2D eigenvalue weighted by atomic mass is 16.5. The van der Waals surface area contributed by atoms with Gasteiger partial charge in [0, 0.05) is 13.1 Å². The first-order chi connectivity index (χ1) is 8.51. The summed E-state index contributed by atoms with van der Waals surface area (Å²) in [6.07, 6.45) is 1.81. The van der Waals surface area contributed by atoms with Gasteiger partial charge in [-0.3, -0.25) is 4.79 Å². The first-order valence-corrected chi connectivity index (χ1v) is 6.65. The molecule has 5 heteroatoms. The molecule has 0 aromatic heterocycles. The molecule has 0 fully saturated rings. The van der Waals surface area contributed by atoms with Gasteiger partial charge in [-0.2, -0.15) is 0 Å². The van der Waals surface area contributed by atoms with Crippen LogP contribution in [0, 0.1) is 0 Å². The third-order valence-electron chi connectivity index (χ3n) is 2.85. The predicted octanol–water partition coefficient (Wildman–Crippen LogP) is 0.411. The van der Waals surface area contributed by atoms with Crippen molar-refractivity contribution in [3.8, 4) is 0 Å². The van der Waals surface area contributed by atoms with Crippen LogP contribution in [0.4, 0.5) is 0 Å². The Kier molecular flexibility index (Phi) is 9.92. The fourth-order valence-corrected chi connectivity index (χ4v) is 1.60. The fraction of sp³-hybridized carbons (Fsp3) is 0.923. The Hall–Kier alpha value is -0.650. The molecule has 0 aromatic rings. The maximum Gasteiger partial charge on any atom is 0.322 e. The molecule has 0 saturated heterocycles. The number of nitrogens with one attached hydrogen (secondary N) is 1. The van der Waals surface area contributed by atoms with Gasteiger partial charge in [0.15, 0.2) is 0 Å². The van der Waals surface area contributed by atoms with E-state index in [1.54, 1.807) is 0 Å². The summed E-state index contributed by atoms with van der Waals surface area (Å²) in [6.45, 7) is 5.87. The van der Waals surface area contributed by atoms with Crippen molar-refractivity contribution in [3.63, 3.8) is 0 Å². The number of esters is 1. The maximum atomic E-state index is 11.6. The summed E-state index contributed by atoms with van der Waals surface area (Å²) in [5.74, 6) is -0.163. The molecule has 0 aliphatic carbocycles. The molecule has 0 heterocycles. The second-order valence-electron chi connectivity index (χ2n) is 4.93. The zero-order valence-electron chi connectivity index (χ0n) is 12.5. The van der Waals surface area contributed by atoms with Gasteiger partial charge in [0.1, 0.15) is 6.04 Å². The Morgan fingerprint density at radius 3 is 2.39 bits per heavy atom. The van der Waals surface area contributed by atoms with Gasteiger partial charge in [0.2, 0.25) is 0 Å². The summed E-state index contributed by atoms with van der Waals surface area (Å²) in [5, 5.41) is 3.23. The van der Waals surface area contributed by atoms with Crippen LogP contribution in [0.15, 0.2) is 0 Å². The minimum Gasteiger partial charge on any atom is -0.468 e.